The first-order chi connectivity index (χ1) is 16.4. The van der Waals surface area contributed by atoms with Crippen LogP contribution in [0.15, 0.2) is 52.5 Å². The molecule has 2 aromatic rings. The molecule has 0 amide bonds. The van der Waals surface area contributed by atoms with E-state index in [0.29, 0.717) is 12.1 Å². The highest BCUT2D eigenvalue weighted by Gasteiger charge is 2.36. The molecule has 1 saturated heterocycles. The molecule has 3 heterocycles. The molecule has 1 aromatic carbocycles. The van der Waals surface area contributed by atoms with Crippen LogP contribution in [-0.2, 0) is 13.2 Å². The second-order valence-electron chi connectivity index (χ2n) is 9.17. The van der Waals surface area contributed by atoms with Crippen LogP contribution < -0.4 is 15.3 Å². The minimum absolute atomic E-state index is 0.0372. The monoisotopic (exact) mass is 462 g/mol. The van der Waals surface area contributed by atoms with Gasteiger partial charge in [-0.25, -0.2) is 9.18 Å². The van der Waals surface area contributed by atoms with E-state index in [1.54, 1.807) is 16.7 Å². The number of anilines is 1. The topological polar surface area (TPSA) is 77.6 Å². The number of ether oxygens (including phenoxy) is 1. The lowest BCUT2D eigenvalue weighted by Gasteiger charge is -2.42. The zero-order valence-corrected chi connectivity index (χ0v) is 19.4. The standard InChI is InChI=1S/C25H27FN6O2/c1-29(2)15-22(18-4-3-5-18)30-8-9-31-20(13-30)14-32-24(31)11-23(28-25(32)33)34-16-17-6-7-21(26)19(10-17)12-27/h3-4,6-7,10-11,20H,5,8-9,13-16H2,1-2H3/b22-18-. The highest BCUT2D eigenvalue weighted by atomic mass is 19.1. The molecule has 8 nitrogen and oxygen atoms in total. The van der Waals surface area contributed by atoms with E-state index in [0.717, 1.165) is 38.4 Å². The summed E-state index contributed by atoms with van der Waals surface area (Å²) >= 11 is 0. The molecular formula is C25H27FN6O2. The summed E-state index contributed by atoms with van der Waals surface area (Å²) in [4.78, 5) is 23.8. The first-order valence-corrected chi connectivity index (χ1v) is 11.4. The predicted molar refractivity (Wildman–Crippen MR) is 126 cm³/mol. The molecular weight excluding hydrogens is 435 g/mol. The Morgan fingerprint density at radius 3 is 2.82 bits per heavy atom. The van der Waals surface area contributed by atoms with Crippen molar-refractivity contribution < 1.29 is 9.13 Å². The zero-order valence-electron chi connectivity index (χ0n) is 19.4. The van der Waals surface area contributed by atoms with Crippen molar-refractivity contribution in [2.45, 2.75) is 25.6 Å². The minimum atomic E-state index is -0.567. The van der Waals surface area contributed by atoms with E-state index in [1.165, 1.54) is 23.4 Å². The predicted octanol–water partition coefficient (Wildman–Crippen LogP) is 2.11. The first kappa shape index (κ1) is 22.2. The van der Waals surface area contributed by atoms with Crippen LogP contribution in [0.25, 0.3) is 0 Å². The third-order valence-electron chi connectivity index (χ3n) is 6.55. The SMILES string of the molecule is CN(C)C/C(=C1\C=CC1)N1CCN2c3cc(OCc4ccc(F)c(C#N)c4)nc(=O)n3CC2C1. The summed E-state index contributed by atoms with van der Waals surface area (Å²) in [5, 5.41) is 9.02. The summed E-state index contributed by atoms with van der Waals surface area (Å²) in [5.41, 5.74) is 3.03. The Morgan fingerprint density at radius 1 is 1.29 bits per heavy atom. The highest BCUT2D eigenvalue weighted by Crippen LogP contribution is 2.32. The van der Waals surface area contributed by atoms with Crippen molar-refractivity contribution in [3.8, 4) is 11.9 Å². The van der Waals surface area contributed by atoms with Crippen LogP contribution in [0.2, 0.25) is 0 Å². The van der Waals surface area contributed by atoms with Crippen molar-refractivity contribution in [3.63, 3.8) is 0 Å². The van der Waals surface area contributed by atoms with Crippen molar-refractivity contribution in [2.24, 2.45) is 0 Å². The van der Waals surface area contributed by atoms with Gasteiger partial charge in [0.2, 0.25) is 5.88 Å². The second-order valence-corrected chi connectivity index (χ2v) is 9.17. The van der Waals surface area contributed by atoms with E-state index in [1.807, 2.05) is 6.07 Å². The largest absolute Gasteiger partial charge is 0.473 e. The van der Waals surface area contributed by atoms with E-state index < -0.39 is 5.82 Å². The van der Waals surface area contributed by atoms with Crippen LogP contribution in [0.4, 0.5) is 10.2 Å². The second kappa shape index (κ2) is 8.95. The number of hydrogen-bond donors (Lipinski definition) is 0. The van der Waals surface area contributed by atoms with E-state index in [2.05, 4.69) is 45.9 Å². The number of aromatic nitrogens is 2. The summed E-state index contributed by atoms with van der Waals surface area (Å²) in [5.74, 6) is 0.488. The van der Waals surface area contributed by atoms with E-state index >= 15 is 0 Å². The molecule has 1 fully saturated rings. The van der Waals surface area contributed by atoms with Gasteiger partial charge in [-0.1, -0.05) is 18.2 Å². The van der Waals surface area contributed by atoms with Crippen LogP contribution in [0.3, 0.4) is 0 Å². The van der Waals surface area contributed by atoms with Gasteiger partial charge in [-0.15, -0.1) is 0 Å². The molecule has 1 unspecified atom stereocenters. The van der Waals surface area contributed by atoms with Gasteiger partial charge in [-0.2, -0.15) is 10.2 Å². The Bertz CT molecular complexity index is 1280. The lowest BCUT2D eigenvalue weighted by molar-refractivity contribution is 0.250. The number of rotatable bonds is 6. The van der Waals surface area contributed by atoms with Gasteiger partial charge >= 0.3 is 5.69 Å². The van der Waals surface area contributed by atoms with Crippen molar-refractivity contribution in [1.82, 2.24) is 19.4 Å². The van der Waals surface area contributed by atoms with E-state index in [9.17, 15) is 9.18 Å². The average molecular weight is 463 g/mol. The lowest BCUT2D eigenvalue weighted by Crippen LogP contribution is -2.52. The smallest absolute Gasteiger partial charge is 0.352 e. The molecule has 0 radical (unpaired) electrons. The number of allylic oxidation sites excluding steroid dienone is 3. The van der Waals surface area contributed by atoms with E-state index in [4.69, 9.17) is 10.00 Å². The molecule has 5 rings (SSSR count). The van der Waals surface area contributed by atoms with Crippen molar-refractivity contribution in [3.05, 3.63) is 75.1 Å². The fourth-order valence-electron chi connectivity index (χ4n) is 4.78. The molecule has 0 N–H and O–H groups in total. The normalized spacial score (nSPS) is 20.0. The van der Waals surface area contributed by atoms with Crippen LogP contribution in [0.5, 0.6) is 5.88 Å². The van der Waals surface area contributed by atoms with Gasteiger partial charge in [0.25, 0.3) is 0 Å². The molecule has 1 aromatic heterocycles. The third kappa shape index (κ3) is 4.17. The van der Waals surface area contributed by atoms with Crippen LogP contribution >= 0.6 is 0 Å². The van der Waals surface area contributed by atoms with Crippen LogP contribution in [0.1, 0.15) is 17.5 Å². The zero-order chi connectivity index (χ0) is 23.8. The molecule has 3 aliphatic rings. The van der Waals surface area contributed by atoms with E-state index in [-0.39, 0.29) is 29.8 Å². The maximum absolute atomic E-state index is 13.6. The number of nitriles is 1. The number of nitrogens with zero attached hydrogens (tertiary/aromatic N) is 6. The van der Waals surface area contributed by atoms with Crippen molar-refractivity contribution >= 4 is 5.82 Å². The maximum Gasteiger partial charge on any atom is 0.352 e. The quantitative estimate of drug-likeness (QED) is 0.651. The van der Waals surface area contributed by atoms with Gasteiger partial charge in [0.05, 0.1) is 18.2 Å². The first-order valence-electron chi connectivity index (χ1n) is 11.4. The summed E-state index contributed by atoms with van der Waals surface area (Å²) < 4.78 is 21.0. The number of likely N-dealkylation sites (N-methyl/N-ethyl adjacent to an activating group) is 1. The van der Waals surface area contributed by atoms with Gasteiger partial charge in [0.1, 0.15) is 24.3 Å². The molecule has 176 valence electrons. The average Bonchev–Trinajstić information content (AvgIpc) is 3.15. The summed E-state index contributed by atoms with van der Waals surface area (Å²) in [6.45, 7) is 4.14. The summed E-state index contributed by atoms with van der Waals surface area (Å²) in [7, 11) is 4.18. The Labute approximate surface area is 197 Å². The molecule has 2 aliphatic heterocycles. The van der Waals surface area contributed by atoms with Gasteiger partial charge in [-0.3, -0.25) is 4.57 Å². The van der Waals surface area contributed by atoms with Crippen molar-refractivity contribution in [1.29, 1.82) is 5.26 Å². The molecule has 1 aliphatic carbocycles. The fraction of sp³-hybridized carbons (Fsp3) is 0.400. The van der Waals surface area contributed by atoms with Crippen LogP contribution in [-0.4, -0.2) is 65.7 Å². The number of halogens is 1. The number of hydrogen-bond acceptors (Lipinski definition) is 7. The molecule has 34 heavy (non-hydrogen) atoms. The van der Waals surface area contributed by atoms with Gasteiger partial charge in [0, 0.05) is 37.9 Å². The number of benzene rings is 1. The maximum atomic E-state index is 13.6. The molecule has 0 saturated carbocycles. The van der Waals surface area contributed by atoms with Crippen molar-refractivity contribution in [2.75, 3.05) is 45.2 Å². The fourth-order valence-corrected chi connectivity index (χ4v) is 4.78. The number of fused-ring (bicyclic) bond motifs is 3. The third-order valence-corrected chi connectivity index (χ3v) is 6.55. The van der Waals surface area contributed by atoms with Crippen LogP contribution in [0, 0.1) is 17.1 Å². The molecule has 0 spiro atoms. The van der Waals surface area contributed by atoms with Gasteiger partial charge < -0.3 is 19.4 Å². The van der Waals surface area contributed by atoms with Gasteiger partial charge in [-0.05, 0) is 43.8 Å². The Morgan fingerprint density at radius 2 is 2.12 bits per heavy atom. The Hall–Kier alpha value is -3.64. The minimum Gasteiger partial charge on any atom is -0.473 e. The highest BCUT2D eigenvalue weighted by molar-refractivity contribution is 5.48. The molecule has 9 heteroatoms. The van der Waals surface area contributed by atoms with Gasteiger partial charge in [0.15, 0.2) is 0 Å². The Balaban J connectivity index is 1.32. The summed E-state index contributed by atoms with van der Waals surface area (Å²) in [6.07, 6.45) is 5.40. The summed E-state index contributed by atoms with van der Waals surface area (Å²) in [6, 6.07) is 8.07. The Kier molecular flexibility index (Phi) is 5.84. The number of piperazine rings is 1. The molecule has 1 atom stereocenters. The molecule has 0 bridgehead atoms. The lowest BCUT2D eigenvalue weighted by atomic mass is 9.98.